The first-order valence-corrected chi connectivity index (χ1v) is 5.27. The second-order valence-electron chi connectivity index (χ2n) is 4.00. The van der Waals surface area contributed by atoms with Crippen LogP contribution in [0, 0.1) is 0 Å². The minimum atomic E-state index is -0.960. The number of hydrogen-bond acceptors (Lipinski definition) is 2. The molecule has 3 nitrogen and oxygen atoms in total. The van der Waals surface area contributed by atoms with Gasteiger partial charge in [0.25, 0.3) is 5.91 Å². The van der Waals surface area contributed by atoms with Crippen molar-refractivity contribution < 1.29 is 9.90 Å². The predicted molar refractivity (Wildman–Crippen MR) is 58.8 cm³/mol. The van der Waals surface area contributed by atoms with E-state index < -0.39 is 6.10 Å². The molecule has 0 radical (unpaired) electrons. The molecule has 1 atom stereocenters. The third-order valence-electron chi connectivity index (χ3n) is 2.75. The molecule has 2 N–H and O–H groups in total. The van der Waals surface area contributed by atoms with E-state index in [4.69, 9.17) is 5.11 Å². The Hall–Kier alpha value is -1.35. The number of carbonyl (C=O) groups excluding carboxylic acids is 1. The Morgan fingerprint density at radius 2 is 2.13 bits per heavy atom. The van der Waals surface area contributed by atoms with E-state index in [9.17, 15) is 4.79 Å². The van der Waals surface area contributed by atoms with E-state index in [1.807, 2.05) is 12.1 Å². The monoisotopic (exact) mass is 205 g/mol. The molecule has 0 saturated heterocycles. The molecule has 1 aromatic rings. The van der Waals surface area contributed by atoms with Gasteiger partial charge >= 0.3 is 0 Å². The number of benzene rings is 1. The molecule has 1 aliphatic carbocycles. The van der Waals surface area contributed by atoms with Crippen LogP contribution in [0.2, 0.25) is 0 Å². The average molecular weight is 205 g/mol. The summed E-state index contributed by atoms with van der Waals surface area (Å²) in [6, 6.07) is 5.95. The number of hydrogen-bond donors (Lipinski definition) is 2. The third-order valence-corrected chi connectivity index (χ3v) is 2.75. The van der Waals surface area contributed by atoms with Crippen LogP contribution in [0.25, 0.3) is 0 Å². The second-order valence-corrected chi connectivity index (χ2v) is 4.00. The van der Waals surface area contributed by atoms with Gasteiger partial charge in [-0.3, -0.25) is 4.79 Å². The summed E-state index contributed by atoms with van der Waals surface area (Å²) < 4.78 is 0. The van der Waals surface area contributed by atoms with Crippen LogP contribution in [0.3, 0.4) is 0 Å². The van der Waals surface area contributed by atoms with Crippen molar-refractivity contribution in [2.24, 2.45) is 0 Å². The molecule has 0 bridgehead atoms. The first-order chi connectivity index (χ1) is 7.16. The van der Waals surface area contributed by atoms with Crippen LogP contribution in [0.5, 0.6) is 0 Å². The van der Waals surface area contributed by atoms with Gasteiger partial charge in [-0.25, -0.2) is 0 Å². The number of aliphatic hydroxyl groups is 1. The van der Waals surface area contributed by atoms with Crippen LogP contribution in [0.4, 0.5) is 5.69 Å². The first-order valence-electron chi connectivity index (χ1n) is 5.27. The highest BCUT2D eigenvalue weighted by molar-refractivity contribution is 5.93. The maximum absolute atomic E-state index is 11.3. The Kier molecular flexibility index (Phi) is 2.73. The molecule has 1 aromatic carbocycles. The Morgan fingerprint density at radius 1 is 1.40 bits per heavy atom. The number of nitrogens with one attached hydrogen (secondary N) is 1. The molecule has 0 saturated carbocycles. The van der Waals surface area contributed by atoms with Gasteiger partial charge in [0.15, 0.2) is 0 Å². The topological polar surface area (TPSA) is 49.3 Å². The Bertz CT molecular complexity index is 385. The molecule has 3 heteroatoms. The number of rotatable bonds is 2. The van der Waals surface area contributed by atoms with Crippen LogP contribution in [0.15, 0.2) is 18.2 Å². The van der Waals surface area contributed by atoms with Gasteiger partial charge in [0.2, 0.25) is 0 Å². The molecule has 80 valence electrons. The maximum Gasteiger partial charge on any atom is 0.252 e. The zero-order valence-electron chi connectivity index (χ0n) is 8.79. The van der Waals surface area contributed by atoms with Gasteiger partial charge < -0.3 is 10.4 Å². The lowest BCUT2D eigenvalue weighted by Gasteiger charge is -2.08. The van der Waals surface area contributed by atoms with Crippen molar-refractivity contribution in [3.8, 4) is 0 Å². The lowest BCUT2D eigenvalue weighted by molar-refractivity contribution is -0.123. The standard InChI is InChI=1S/C12H15NO2/c1-8(14)12(15)13-11-6-5-9-3-2-4-10(9)7-11/h5-8,14H,2-4H2,1H3,(H,13,15). The lowest BCUT2D eigenvalue weighted by Crippen LogP contribution is -2.24. The van der Waals surface area contributed by atoms with E-state index in [-0.39, 0.29) is 5.91 Å². The predicted octanol–water partition coefficient (Wildman–Crippen LogP) is 1.49. The van der Waals surface area contributed by atoms with E-state index in [2.05, 4.69) is 11.4 Å². The smallest absolute Gasteiger partial charge is 0.252 e. The fourth-order valence-electron chi connectivity index (χ4n) is 1.90. The quantitative estimate of drug-likeness (QED) is 0.768. The number of carbonyl (C=O) groups is 1. The molecule has 15 heavy (non-hydrogen) atoms. The third kappa shape index (κ3) is 2.18. The van der Waals surface area contributed by atoms with Gasteiger partial charge in [-0.2, -0.15) is 0 Å². The zero-order valence-corrected chi connectivity index (χ0v) is 8.79. The van der Waals surface area contributed by atoms with Crippen molar-refractivity contribution in [2.75, 3.05) is 5.32 Å². The summed E-state index contributed by atoms with van der Waals surface area (Å²) in [7, 11) is 0. The lowest BCUT2D eigenvalue weighted by atomic mass is 10.1. The number of amides is 1. The summed E-state index contributed by atoms with van der Waals surface area (Å²) in [6.07, 6.45) is 2.47. The fraction of sp³-hybridized carbons (Fsp3) is 0.417. The maximum atomic E-state index is 11.3. The molecular formula is C12H15NO2. The van der Waals surface area contributed by atoms with Crippen LogP contribution < -0.4 is 5.32 Å². The Morgan fingerprint density at radius 3 is 2.87 bits per heavy atom. The van der Waals surface area contributed by atoms with Crippen molar-refractivity contribution in [3.05, 3.63) is 29.3 Å². The summed E-state index contributed by atoms with van der Waals surface area (Å²) in [5.41, 5.74) is 3.48. The van der Waals surface area contributed by atoms with E-state index >= 15 is 0 Å². The number of aryl methyl sites for hydroxylation is 2. The van der Waals surface area contributed by atoms with E-state index in [1.165, 1.54) is 24.5 Å². The molecule has 0 fully saturated rings. The summed E-state index contributed by atoms with van der Waals surface area (Å²) in [4.78, 5) is 11.3. The number of aliphatic hydroxyl groups excluding tert-OH is 1. The zero-order chi connectivity index (χ0) is 10.8. The Balaban J connectivity index is 2.13. The first kappa shape index (κ1) is 10.2. The number of anilines is 1. The average Bonchev–Trinajstić information content (AvgIpc) is 2.64. The van der Waals surface area contributed by atoms with Gasteiger partial charge in [-0.05, 0) is 49.4 Å². The molecule has 0 heterocycles. The minimum absolute atomic E-state index is 0.354. The van der Waals surface area contributed by atoms with Gasteiger partial charge in [-0.15, -0.1) is 0 Å². The van der Waals surface area contributed by atoms with Crippen molar-refractivity contribution in [2.45, 2.75) is 32.3 Å². The van der Waals surface area contributed by atoms with E-state index in [0.717, 1.165) is 18.5 Å². The molecule has 1 unspecified atom stereocenters. The molecule has 0 aliphatic heterocycles. The fourth-order valence-corrected chi connectivity index (χ4v) is 1.90. The van der Waals surface area contributed by atoms with Gasteiger partial charge in [0, 0.05) is 5.69 Å². The van der Waals surface area contributed by atoms with Crippen molar-refractivity contribution in [1.82, 2.24) is 0 Å². The Labute approximate surface area is 89.1 Å². The molecular weight excluding hydrogens is 190 g/mol. The van der Waals surface area contributed by atoms with Gasteiger partial charge in [-0.1, -0.05) is 6.07 Å². The summed E-state index contributed by atoms with van der Waals surface area (Å²) in [5, 5.41) is 11.7. The van der Waals surface area contributed by atoms with Crippen molar-refractivity contribution in [3.63, 3.8) is 0 Å². The van der Waals surface area contributed by atoms with Crippen LogP contribution >= 0.6 is 0 Å². The highest BCUT2D eigenvalue weighted by atomic mass is 16.3. The minimum Gasteiger partial charge on any atom is -0.384 e. The van der Waals surface area contributed by atoms with Gasteiger partial charge in [0.05, 0.1) is 0 Å². The van der Waals surface area contributed by atoms with Crippen LogP contribution in [-0.4, -0.2) is 17.1 Å². The molecule has 0 aromatic heterocycles. The van der Waals surface area contributed by atoms with Crippen molar-refractivity contribution >= 4 is 11.6 Å². The molecule has 0 spiro atoms. The van der Waals surface area contributed by atoms with E-state index in [0.29, 0.717) is 0 Å². The molecule has 2 rings (SSSR count). The largest absolute Gasteiger partial charge is 0.384 e. The summed E-state index contributed by atoms with van der Waals surface area (Å²) in [5.74, 6) is -0.354. The van der Waals surface area contributed by atoms with Crippen LogP contribution in [-0.2, 0) is 17.6 Å². The second kappa shape index (κ2) is 4.03. The summed E-state index contributed by atoms with van der Waals surface area (Å²) >= 11 is 0. The number of fused-ring (bicyclic) bond motifs is 1. The van der Waals surface area contributed by atoms with Crippen molar-refractivity contribution in [1.29, 1.82) is 0 Å². The molecule has 1 aliphatic rings. The highest BCUT2D eigenvalue weighted by Gasteiger charge is 2.13. The summed E-state index contributed by atoms with van der Waals surface area (Å²) in [6.45, 7) is 1.46. The SMILES string of the molecule is CC(O)C(=O)Nc1ccc2c(c1)CCC2. The normalized spacial score (nSPS) is 15.9. The highest BCUT2D eigenvalue weighted by Crippen LogP contribution is 2.24. The molecule has 1 amide bonds. The van der Waals surface area contributed by atoms with Gasteiger partial charge in [0.1, 0.15) is 6.10 Å². The van der Waals surface area contributed by atoms with Crippen LogP contribution in [0.1, 0.15) is 24.5 Å². The van der Waals surface area contributed by atoms with E-state index in [1.54, 1.807) is 0 Å².